The van der Waals surface area contributed by atoms with Crippen molar-refractivity contribution in [2.24, 2.45) is 0 Å². The van der Waals surface area contributed by atoms with Crippen molar-refractivity contribution in [2.75, 3.05) is 19.8 Å². The first-order chi connectivity index (χ1) is 13.7. The topological polar surface area (TPSA) is 80.5 Å². The van der Waals surface area contributed by atoms with E-state index in [1.807, 2.05) is 35.0 Å². The molecule has 1 saturated heterocycles. The Morgan fingerprint density at radius 3 is 2.57 bits per heavy atom. The molecule has 7 heteroatoms. The summed E-state index contributed by atoms with van der Waals surface area (Å²) in [5.41, 5.74) is 2.53. The van der Waals surface area contributed by atoms with Crippen molar-refractivity contribution in [3.05, 3.63) is 83.4 Å². The van der Waals surface area contributed by atoms with Crippen LogP contribution < -0.4 is 0 Å². The van der Waals surface area contributed by atoms with Gasteiger partial charge in [-0.2, -0.15) is 5.10 Å². The molecule has 0 spiro atoms. The average Bonchev–Trinajstić information content (AvgIpc) is 3.18. The van der Waals surface area contributed by atoms with Crippen molar-refractivity contribution in [1.29, 1.82) is 0 Å². The molecule has 28 heavy (non-hydrogen) atoms. The molecule has 144 valence electrons. The van der Waals surface area contributed by atoms with E-state index in [1.54, 1.807) is 18.5 Å². The molecular formula is C21H22N4O3. The number of benzene rings is 2. The first-order valence-electron chi connectivity index (χ1n) is 9.26. The Kier molecular flexibility index (Phi) is 5.45. The van der Waals surface area contributed by atoms with Gasteiger partial charge in [0, 0.05) is 13.1 Å². The van der Waals surface area contributed by atoms with Crippen molar-refractivity contribution in [2.45, 2.75) is 19.1 Å². The van der Waals surface area contributed by atoms with Crippen LogP contribution in [0.2, 0.25) is 0 Å². The zero-order valence-electron chi connectivity index (χ0n) is 15.4. The lowest BCUT2D eigenvalue weighted by molar-refractivity contribution is -0.0159. The number of ether oxygens (including phenoxy) is 1. The largest absolute Gasteiger partial charge is 0.478 e. The molecule has 1 unspecified atom stereocenters. The monoisotopic (exact) mass is 378 g/mol. The maximum atomic E-state index is 11.0. The van der Waals surface area contributed by atoms with E-state index in [4.69, 9.17) is 9.84 Å². The maximum absolute atomic E-state index is 11.0. The van der Waals surface area contributed by atoms with Crippen molar-refractivity contribution >= 4 is 5.97 Å². The summed E-state index contributed by atoms with van der Waals surface area (Å²) in [7, 11) is 0. The molecule has 1 aliphatic heterocycles. The molecule has 4 rings (SSSR count). The van der Waals surface area contributed by atoms with Crippen LogP contribution in [0.5, 0.6) is 0 Å². The van der Waals surface area contributed by atoms with E-state index in [2.05, 4.69) is 27.1 Å². The van der Waals surface area contributed by atoms with Gasteiger partial charge in [0.05, 0.1) is 31.4 Å². The Balaban J connectivity index is 1.47. The van der Waals surface area contributed by atoms with Crippen LogP contribution in [-0.4, -0.2) is 50.5 Å². The molecule has 0 bridgehead atoms. The molecule has 1 fully saturated rings. The lowest BCUT2D eigenvalue weighted by atomic mass is 10.1. The van der Waals surface area contributed by atoms with E-state index in [0.29, 0.717) is 31.9 Å². The summed E-state index contributed by atoms with van der Waals surface area (Å²) >= 11 is 0. The molecular weight excluding hydrogens is 356 g/mol. The Morgan fingerprint density at radius 1 is 1.07 bits per heavy atom. The summed E-state index contributed by atoms with van der Waals surface area (Å²) in [5, 5.41) is 13.7. The minimum Gasteiger partial charge on any atom is -0.478 e. The molecule has 0 aliphatic carbocycles. The number of nitrogens with zero attached hydrogens (tertiary/aromatic N) is 4. The molecule has 0 amide bonds. The SMILES string of the molecule is O=C(O)c1ccc(CN2CCOCC2c2ncn(Cc3ccccc3)n2)cc1. The lowest BCUT2D eigenvalue weighted by Gasteiger charge is -2.33. The Hall–Kier alpha value is -3.03. The smallest absolute Gasteiger partial charge is 0.335 e. The second-order valence-corrected chi connectivity index (χ2v) is 6.85. The standard InChI is InChI=1S/C21H22N4O3/c26-21(27)18-8-6-17(7-9-18)12-24-10-11-28-14-19(24)20-22-15-25(23-20)13-16-4-2-1-3-5-16/h1-9,15,19H,10-14H2,(H,26,27). The Labute approximate surface area is 163 Å². The molecule has 1 aromatic heterocycles. The van der Waals surface area contributed by atoms with E-state index in [0.717, 1.165) is 17.9 Å². The van der Waals surface area contributed by atoms with Gasteiger partial charge in [-0.25, -0.2) is 14.5 Å². The van der Waals surface area contributed by atoms with Crippen LogP contribution in [0, 0.1) is 0 Å². The van der Waals surface area contributed by atoms with Crippen LogP contribution in [0.25, 0.3) is 0 Å². The number of aromatic carboxylic acids is 1. The Morgan fingerprint density at radius 2 is 1.82 bits per heavy atom. The fourth-order valence-corrected chi connectivity index (χ4v) is 3.36. The van der Waals surface area contributed by atoms with Gasteiger partial charge in [-0.3, -0.25) is 4.90 Å². The second-order valence-electron chi connectivity index (χ2n) is 6.85. The van der Waals surface area contributed by atoms with Gasteiger partial charge in [0.2, 0.25) is 0 Å². The summed E-state index contributed by atoms with van der Waals surface area (Å²) in [5.74, 6) is -0.165. The first kappa shape index (κ1) is 18.3. The van der Waals surface area contributed by atoms with Crippen LogP contribution in [0.4, 0.5) is 0 Å². The number of hydrogen-bond acceptors (Lipinski definition) is 5. The van der Waals surface area contributed by atoms with E-state index >= 15 is 0 Å². The highest BCUT2D eigenvalue weighted by molar-refractivity contribution is 5.87. The number of aromatic nitrogens is 3. The quantitative estimate of drug-likeness (QED) is 0.710. The normalized spacial score (nSPS) is 17.5. The maximum Gasteiger partial charge on any atom is 0.335 e. The van der Waals surface area contributed by atoms with Crippen LogP contribution in [0.3, 0.4) is 0 Å². The van der Waals surface area contributed by atoms with Gasteiger partial charge in [0.15, 0.2) is 5.82 Å². The molecule has 2 aromatic carbocycles. The summed E-state index contributed by atoms with van der Waals surface area (Å²) in [6.45, 7) is 3.36. The average molecular weight is 378 g/mol. The second kappa shape index (κ2) is 8.33. The van der Waals surface area contributed by atoms with Crippen molar-refractivity contribution < 1.29 is 14.6 Å². The first-order valence-corrected chi connectivity index (χ1v) is 9.26. The molecule has 1 atom stereocenters. The van der Waals surface area contributed by atoms with Gasteiger partial charge in [-0.15, -0.1) is 0 Å². The minimum atomic E-state index is -0.913. The molecule has 1 N–H and O–H groups in total. The highest BCUT2D eigenvalue weighted by Crippen LogP contribution is 2.23. The van der Waals surface area contributed by atoms with Crippen molar-refractivity contribution in [3.63, 3.8) is 0 Å². The van der Waals surface area contributed by atoms with E-state index in [-0.39, 0.29) is 6.04 Å². The van der Waals surface area contributed by atoms with Gasteiger partial charge in [0.1, 0.15) is 6.33 Å². The number of carbonyl (C=O) groups is 1. The number of hydrogen-bond donors (Lipinski definition) is 1. The van der Waals surface area contributed by atoms with E-state index < -0.39 is 5.97 Å². The van der Waals surface area contributed by atoms with Crippen LogP contribution in [0.1, 0.15) is 33.4 Å². The van der Waals surface area contributed by atoms with Crippen LogP contribution in [-0.2, 0) is 17.8 Å². The minimum absolute atomic E-state index is 0.0232. The van der Waals surface area contributed by atoms with Gasteiger partial charge in [0.25, 0.3) is 0 Å². The molecule has 1 aliphatic rings. The predicted octanol–water partition coefficient (Wildman–Crippen LogP) is 2.60. The number of carboxylic acids is 1. The number of rotatable bonds is 6. The van der Waals surface area contributed by atoms with Gasteiger partial charge in [-0.1, -0.05) is 42.5 Å². The van der Waals surface area contributed by atoms with Gasteiger partial charge in [-0.05, 0) is 23.3 Å². The zero-order valence-corrected chi connectivity index (χ0v) is 15.4. The lowest BCUT2D eigenvalue weighted by Crippen LogP contribution is -2.39. The third-order valence-corrected chi connectivity index (χ3v) is 4.87. The van der Waals surface area contributed by atoms with Crippen molar-refractivity contribution in [3.8, 4) is 0 Å². The van der Waals surface area contributed by atoms with Crippen molar-refractivity contribution in [1.82, 2.24) is 19.7 Å². The third-order valence-electron chi connectivity index (χ3n) is 4.87. The summed E-state index contributed by atoms with van der Waals surface area (Å²) < 4.78 is 7.52. The summed E-state index contributed by atoms with van der Waals surface area (Å²) in [6.07, 6.45) is 1.76. The zero-order chi connectivity index (χ0) is 19.3. The highest BCUT2D eigenvalue weighted by atomic mass is 16.5. The fraction of sp³-hybridized carbons (Fsp3) is 0.286. The molecule has 2 heterocycles. The van der Waals surface area contributed by atoms with Gasteiger partial charge >= 0.3 is 5.97 Å². The number of carboxylic acid groups (broad SMARTS) is 1. The van der Waals surface area contributed by atoms with Crippen LogP contribution in [0.15, 0.2) is 60.9 Å². The van der Waals surface area contributed by atoms with Crippen LogP contribution >= 0.6 is 0 Å². The summed E-state index contributed by atoms with van der Waals surface area (Å²) in [6, 6.07) is 17.1. The Bertz CT molecular complexity index is 924. The fourth-order valence-electron chi connectivity index (χ4n) is 3.36. The number of morpholine rings is 1. The summed E-state index contributed by atoms with van der Waals surface area (Å²) in [4.78, 5) is 17.8. The van der Waals surface area contributed by atoms with E-state index in [9.17, 15) is 4.79 Å². The molecule has 0 saturated carbocycles. The molecule has 7 nitrogen and oxygen atoms in total. The highest BCUT2D eigenvalue weighted by Gasteiger charge is 2.28. The van der Waals surface area contributed by atoms with Gasteiger partial charge < -0.3 is 9.84 Å². The van der Waals surface area contributed by atoms with E-state index in [1.165, 1.54) is 5.56 Å². The molecule has 3 aromatic rings. The predicted molar refractivity (Wildman–Crippen MR) is 103 cm³/mol. The molecule has 0 radical (unpaired) electrons. The third kappa shape index (κ3) is 4.27.